The fourth-order valence-corrected chi connectivity index (χ4v) is 2.00. The summed E-state index contributed by atoms with van der Waals surface area (Å²) in [5.41, 5.74) is 0. The van der Waals surface area contributed by atoms with Crippen LogP contribution in [0.15, 0.2) is 46.9 Å². The molecule has 1 aromatic heterocycles. The molecule has 0 aliphatic heterocycles. The number of aliphatic hydroxyl groups excluding tert-OH is 1. The smallest absolute Gasteiger partial charge is 0.253 e. The number of ether oxygens (including phenoxy) is 1. The summed E-state index contributed by atoms with van der Waals surface area (Å²) in [7, 11) is 0. The summed E-state index contributed by atoms with van der Waals surface area (Å²) < 4.78 is 11.1. The Hall–Kier alpha value is -2.40. The molecule has 0 aliphatic carbocycles. The summed E-state index contributed by atoms with van der Waals surface area (Å²) in [6.07, 6.45) is 0.362. The molecule has 0 fully saturated rings. The van der Waals surface area contributed by atoms with Crippen LogP contribution >= 0.6 is 0 Å². The van der Waals surface area contributed by atoms with Gasteiger partial charge < -0.3 is 14.3 Å². The number of aliphatic hydroxyl groups is 1. The summed E-state index contributed by atoms with van der Waals surface area (Å²) in [6, 6.07) is 13.9. The number of fused-ring (bicyclic) bond motifs is 1. The molecule has 0 bridgehead atoms. The van der Waals surface area contributed by atoms with Gasteiger partial charge >= 0.3 is 0 Å². The highest BCUT2D eigenvalue weighted by Gasteiger charge is 2.07. The third-order valence-corrected chi connectivity index (χ3v) is 2.94. The molecule has 0 spiro atoms. The van der Waals surface area contributed by atoms with Crippen molar-refractivity contribution in [3.63, 3.8) is 0 Å². The van der Waals surface area contributed by atoms with Crippen molar-refractivity contribution in [2.75, 3.05) is 6.61 Å². The lowest BCUT2D eigenvalue weighted by atomic mass is 10.1. The summed E-state index contributed by atoms with van der Waals surface area (Å²) in [6.45, 7) is 0.207. The molecule has 0 radical (unpaired) electrons. The maximum absolute atomic E-state index is 8.80. The van der Waals surface area contributed by atoms with E-state index < -0.39 is 0 Å². The summed E-state index contributed by atoms with van der Waals surface area (Å²) in [5.74, 6) is 1.61. The normalized spacial score (nSPS) is 10.8. The van der Waals surface area contributed by atoms with Crippen molar-refractivity contribution >= 4 is 10.8 Å². The van der Waals surface area contributed by atoms with Crippen molar-refractivity contribution in [1.29, 1.82) is 0 Å². The van der Waals surface area contributed by atoms with E-state index in [1.165, 1.54) is 0 Å². The van der Waals surface area contributed by atoms with Gasteiger partial charge in [-0.3, -0.25) is 0 Å². The molecule has 0 unspecified atom stereocenters. The van der Waals surface area contributed by atoms with E-state index in [2.05, 4.69) is 10.2 Å². The van der Waals surface area contributed by atoms with E-state index in [1.54, 1.807) is 0 Å². The average Bonchev–Trinajstić information content (AvgIpc) is 2.93. The summed E-state index contributed by atoms with van der Waals surface area (Å²) in [4.78, 5) is 0. The Morgan fingerprint density at radius 1 is 1.00 bits per heavy atom. The number of aromatic nitrogens is 2. The molecule has 0 saturated heterocycles. The van der Waals surface area contributed by atoms with Crippen LogP contribution in [0.3, 0.4) is 0 Å². The van der Waals surface area contributed by atoms with Gasteiger partial charge in [-0.25, -0.2) is 0 Å². The van der Waals surface area contributed by atoms with Crippen LogP contribution < -0.4 is 4.74 Å². The van der Waals surface area contributed by atoms with Gasteiger partial charge in [-0.1, -0.05) is 36.4 Å². The number of nitrogens with zero attached hydrogens (tertiary/aromatic N) is 2. The van der Waals surface area contributed by atoms with Crippen molar-refractivity contribution in [2.24, 2.45) is 0 Å². The second kappa shape index (κ2) is 5.71. The molecule has 1 N–H and O–H groups in total. The fourth-order valence-electron chi connectivity index (χ4n) is 2.00. The van der Waals surface area contributed by atoms with Crippen molar-refractivity contribution in [2.45, 2.75) is 13.0 Å². The highest BCUT2D eigenvalue weighted by Crippen LogP contribution is 2.25. The number of hydrogen-bond acceptors (Lipinski definition) is 5. The minimum Gasteiger partial charge on any atom is -0.483 e. The van der Waals surface area contributed by atoms with Gasteiger partial charge in [0.1, 0.15) is 5.75 Å². The van der Waals surface area contributed by atoms with E-state index in [0.717, 1.165) is 16.5 Å². The molecular weight excluding hydrogens is 256 g/mol. The van der Waals surface area contributed by atoms with Gasteiger partial charge in [-0.05, 0) is 11.5 Å². The number of hydrogen-bond donors (Lipinski definition) is 1. The van der Waals surface area contributed by atoms with E-state index in [9.17, 15) is 0 Å². The molecule has 1 heterocycles. The summed E-state index contributed by atoms with van der Waals surface area (Å²) in [5, 5.41) is 18.7. The van der Waals surface area contributed by atoms with Gasteiger partial charge in [0.2, 0.25) is 5.89 Å². The van der Waals surface area contributed by atoms with E-state index in [0.29, 0.717) is 18.2 Å². The van der Waals surface area contributed by atoms with E-state index in [-0.39, 0.29) is 13.2 Å². The summed E-state index contributed by atoms with van der Waals surface area (Å²) >= 11 is 0. The molecule has 0 saturated carbocycles. The molecule has 2 aromatic carbocycles. The van der Waals surface area contributed by atoms with Gasteiger partial charge in [0.25, 0.3) is 5.89 Å². The quantitative estimate of drug-likeness (QED) is 0.770. The Balaban J connectivity index is 1.76. The minimum atomic E-state index is -0.00812. The predicted octanol–water partition coefficient (Wildman–Crippen LogP) is 2.34. The van der Waals surface area contributed by atoms with Crippen LogP contribution in [0.4, 0.5) is 0 Å². The molecule has 0 amide bonds. The molecule has 5 heteroatoms. The first kappa shape index (κ1) is 12.6. The third kappa shape index (κ3) is 2.62. The first-order valence-electron chi connectivity index (χ1n) is 6.39. The molecule has 5 nitrogen and oxygen atoms in total. The van der Waals surface area contributed by atoms with Gasteiger partial charge in [0.15, 0.2) is 6.61 Å². The first-order valence-corrected chi connectivity index (χ1v) is 6.39. The molecule has 3 rings (SSSR count). The molecule has 3 aromatic rings. The predicted molar refractivity (Wildman–Crippen MR) is 73.4 cm³/mol. The molecule has 20 heavy (non-hydrogen) atoms. The lowest BCUT2D eigenvalue weighted by Gasteiger charge is -2.07. The van der Waals surface area contributed by atoms with E-state index in [4.69, 9.17) is 14.3 Å². The van der Waals surface area contributed by atoms with Crippen LogP contribution in [-0.4, -0.2) is 21.9 Å². The SMILES string of the molecule is OCCc1nnc(COc2cccc3ccccc23)o1. The van der Waals surface area contributed by atoms with Crippen LogP contribution in [0.2, 0.25) is 0 Å². The Morgan fingerprint density at radius 2 is 1.80 bits per heavy atom. The Morgan fingerprint density at radius 3 is 2.70 bits per heavy atom. The van der Waals surface area contributed by atoms with Gasteiger partial charge in [-0.2, -0.15) is 0 Å². The zero-order chi connectivity index (χ0) is 13.8. The number of rotatable bonds is 5. The van der Waals surface area contributed by atoms with Gasteiger partial charge in [-0.15, -0.1) is 10.2 Å². The second-order valence-corrected chi connectivity index (χ2v) is 4.33. The maximum Gasteiger partial charge on any atom is 0.253 e. The maximum atomic E-state index is 8.80. The van der Waals surface area contributed by atoms with E-state index in [1.807, 2.05) is 42.5 Å². The Labute approximate surface area is 115 Å². The Bertz CT molecular complexity index is 704. The van der Waals surface area contributed by atoms with Crippen molar-refractivity contribution in [3.05, 3.63) is 54.2 Å². The molecule has 0 atom stereocenters. The molecule has 0 aliphatic rings. The second-order valence-electron chi connectivity index (χ2n) is 4.33. The highest BCUT2D eigenvalue weighted by molar-refractivity contribution is 5.88. The standard InChI is InChI=1S/C15H14N2O3/c18-9-8-14-16-17-15(20-14)10-19-13-7-3-5-11-4-1-2-6-12(11)13/h1-7,18H,8-10H2. The third-order valence-electron chi connectivity index (χ3n) is 2.94. The fraction of sp³-hybridized carbons (Fsp3) is 0.200. The first-order chi connectivity index (χ1) is 9.86. The largest absolute Gasteiger partial charge is 0.483 e. The van der Waals surface area contributed by atoms with Crippen molar-refractivity contribution in [1.82, 2.24) is 10.2 Å². The van der Waals surface area contributed by atoms with Crippen LogP contribution in [0, 0.1) is 0 Å². The topological polar surface area (TPSA) is 68.4 Å². The average molecular weight is 270 g/mol. The lowest BCUT2D eigenvalue weighted by Crippen LogP contribution is -1.96. The monoisotopic (exact) mass is 270 g/mol. The van der Waals surface area contributed by atoms with Gasteiger partial charge in [0, 0.05) is 11.8 Å². The van der Waals surface area contributed by atoms with Crippen LogP contribution in [0.1, 0.15) is 11.8 Å². The zero-order valence-corrected chi connectivity index (χ0v) is 10.8. The van der Waals surface area contributed by atoms with Crippen LogP contribution in [0.25, 0.3) is 10.8 Å². The zero-order valence-electron chi connectivity index (χ0n) is 10.8. The van der Waals surface area contributed by atoms with Gasteiger partial charge in [0.05, 0.1) is 6.61 Å². The highest BCUT2D eigenvalue weighted by atomic mass is 16.5. The lowest BCUT2D eigenvalue weighted by molar-refractivity contribution is 0.251. The Kier molecular flexibility index (Phi) is 3.60. The van der Waals surface area contributed by atoms with Crippen molar-refractivity contribution < 1.29 is 14.3 Å². The van der Waals surface area contributed by atoms with E-state index >= 15 is 0 Å². The molecule has 102 valence electrons. The number of benzene rings is 2. The van der Waals surface area contributed by atoms with Crippen LogP contribution in [0.5, 0.6) is 5.75 Å². The van der Waals surface area contributed by atoms with Crippen LogP contribution in [-0.2, 0) is 13.0 Å². The minimum absolute atomic E-state index is 0.00812. The van der Waals surface area contributed by atoms with Crippen molar-refractivity contribution in [3.8, 4) is 5.75 Å². The molecular formula is C15H14N2O3.